The number of nitrogens with zero attached hydrogens (tertiary/aromatic N) is 2. The zero-order valence-corrected chi connectivity index (χ0v) is 15.8. The highest BCUT2D eigenvalue weighted by atomic mass is 16.1. The van der Waals surface area contributed by atoms with Gasteiger partial charge in [-0.25, -0.2) is 9.97 Å². The Bertz CT molecular complexity index is 902. The molecule has 1 aromatic heterocycles. The lowest BCUT2D eigenvalue weighted by atomic mass is 10.1. The first kappa shape index (κ1) is 18.2. The number of amides is 1. The van der Waals surface area contributed by atoms with Crippen molar-refractivity contribution in [3.05, 3.63) is 78.1 Å². The molecule has 5 nitrogen and oxygen atoms in total. The third-order valence-corrected chi connectivity index (χ3v) is 5.12. The van der Waals surface area contributed by atoms with Gasteiger partial charge in [-0.15, -0.1) is 0 Å². The Balaban J connectivity index is 1.36. The van der Waals surface area contributed by atoms with Gasteiger partial charge in [-0.2, -0.15) is 0 Å². The molecular weight excluding hydrogens is 348 g/mol. The summed E-state index contributed by atoms with van der Waals surface area (Å²) in [6.45, 7) is 0.686. The average molecular weight is 372 g/mol. The van der Waals surface area contributed by atoms with Crippen LogP contribution in [0.5, 0.6) is 0 Å². The maximum atomic E-state index is 12.3. The second-order valence-corrected chi connectivity index (χ2v) is 7.17. The molecule has 142 valence electrons. The van der Waals surface area contributed by atoms with Crippen LogP contribution in [0.3, 0.4) is 0 Å². The molecule has 0 saturated heterocycles. The molecule has 3 aromatic rings. The van der Waals surface area contributed by atoms with Gasteiger partial charge in [0, 0.05) is 36.1 Å². The van der Waals surface area contributed by atoms with E-state index >= 15 is 0 Å². The van der Waals surface area contributed by atoms with Gasteiger partial charge in [-0.3, -0.25) is 4.79 Å². The monoisotopic (exact) mass is 372 g/mol. The van der Waals surface area contributed by atoms with Crippen molar-refractivity contribution in [2.75, 3.05) is 5.32 Å². The number of rotatable bonds is 6. The van der Waals surface area contributed by atoms with Crippen molar-refractivity contribution >= 4 is 11.9 Å². The Labute approximate surface area is 165 Å². The molecule has 1 saturated carbocycles. The summed E-state index contributed by atoms with van der Waals surface area (Å²) in [7, 11) is 0. The zero-order chi connectivity index (χ0) is 19.2. The van der Waals surface area contributed by atoms with E-state index in [2.05, 4.69) is 32.7 Å². The van der Waals surface area contributed by atoms with E-state index in [-0.39, 0.29) is 5.91 Å². The molecule has 0 radical (unpaired) electrons. The van der Waals surface area contributed by atoms with E-state index in [0.29, 0.717) is 24.1 Å². The summed E-state index contributed by atoms with van der Waals surface area (Å²) in [4.78, 5) is 21.1. The number of nitrogens with one attached hydrogen (secondary N) is 2. The molecule has 1 aliphatic rings. The number of aromatic nitrogens is 2. The molecule has 1 fully saturated rings. The Morgan fingerprint density at radius 1 is 0.893 bits per heavy atom. The van der Waals surface area contributed by atoms with Gasteiger partial charge in [0.1, 0.15) is 0 Å². The summed E-state index contributed by atoms with van der Waals surface area (Å²) in [6.07, 6.45) is 8.19. The summed E-state index contributed by atoms with van der Waals surface area (Å²) < 4.78 is 0. The molecule has 0 aliphatic heterocycles. The smallest absolute Gasteiger partial charge is 0.251 e. The maximum absolute atomic E-state index is 12.3. The first-order chi connectivity index (χ1) is 13.8. The van der Waals surface area contributed by atoms with Crippen molar-refractivity contribution in [2.45, 2.75) is 38.3 Å². The van der Waals surface area contributed by atoms with Crippen LogP contribution in [0.1, 0.15) is 41.6 Å². The molecule has 1 aliphatic carbocycles. The van der Waals surface area contributed by atoms with Gasteiger partial charge in [0.15, 0.2) is 0 Å². The topological polar surface area (TPSA) is 66.9 Å². The number of anilines is 1. The lowest BCUT2D eigenvalue weighted by Gasteiger charge is -2.12. The quantitative estimate of drug-likeness (QED) is 0.672. The lowest BCUT2D eigenvalue weighted by molar-refractivity contribution is 0.0938. The molecule has 2 N–H and O–H groups in total. The van der Waals surface area contributed by atoms with Crippen molar-refractivity contribution in [3.63, 3.8) is 0 Å². The summed E-state index contributed by atoms with van der Waals surface area (Å²) >= 11 is 0. The van der Waals surface area contributed by atoms with Crippen molar-refractivity contribution in [2.24, 2.45) is 0 Å². The third-order valence-electron chi connectivity index (χ3n) is 5.12. The molecule has 0 bridgehead atoms. The summed E-state index contributed by atoms with van der Waals surface area (Å²) in [5, 5.41) is 6.34. The molecule has 0 unspecified atom stereocenters. The van der Waals surface area contributed by atoms with E-state index in [0.717, 1.165) is 24.0 Å². The maximum Gasteiger partial charge on any atom is 0.251 e. The van der Waals surface area contributed by atoms with E-state index in [4.69, 9.17) is 0 Å². The highest BCUT2D eigenvalue weighted by Crippen LogP contribution is 2.21. The Hall–Kier alpha value is -3.21. The van der Waals surface area contributed by atoms with E-state index in [1.807, 2.05) is 42.5 Å². The molecule has 0 atom stereocenters. The molecule has 2 aromatic carbocycles. The Morgan fingerprint density at radius 2 is 1.57 bits per heavy atom. The van der Waals surface area contributed by atoms with Gasteiger partial charge in [0.2, 0.25) is 5.95 Å². The second kappa shape index (κ2) is 8.65. The number of carbonyl (C=O) groups is 1. The third kappa shape index (κ3) is 4.55. The summed E-state index contributed by atoms with van der Waals surface area (Å²) in [5.41, 5.74) is 3.79. The van der Waals surface area contributed by atoms with Gasteiger partial charge in [-0.05, 0) is 36.1 Å². The average Bonchev–Trinajstić information content (AvgIpc) is 3.26. The SMILES string of the molecule is O=C(NC1CCCC1)c1ccc(-c2cnc(NCc3ccccc3)nc2)cc1. The molecule has 28 heavy (non-hydrogen) atoms. The van der Waals surface area contributed by atoms with Crippen LogP contribution >= 0.6 is 0 Å². The van der Waals surface area contributed by atoms with Crippen LogP contribution in [0.4, 0.5) is 5.95 Å². The van der Waals surface area contributed by atoms with Crippen molar-refractivity contribution < 1.29 is 4.79 Å². The van der Waals surface area contributed by atoms with Crippen molar-refractivity contribution in [3.8, 4) is 11.1 Å². The molecule has 4 rings (SSSR count). The van der Waals surface area contributed by atoms with Gasteiger partial charge in [0.25, 0.3) is 5.91 Å². The number of carbonyl (C=O) groups excluding carboxylic acids is 1. The van der Waals surface area contributed by atoms with Gasteiger partial charge >= 0.3 is 0 Å². The largest absolute Gasteiger partial charge is 0.350 e. The zero-order valence-electron chi connectivity index (χ0n) is 15.8. The predicted octanol–water partition coefficient (Wildman–Crippen LogP) is 4.43. The van der Waals surface area contributed by atoms with Crippen LogP contribution in [-0.2, 0) is 6.54 Å². The van der Waals surface area contributed by atoms with Crippen molar-refractivity contribution in [1.29, 1.82) is 0 Å². The van der Waals surface area contributed by atoms with Crippen LogP contribution in [0.15, 0.2) is 67.0 Å². The predicted molar refractivity (Wildman–Crippen MR) is 111 cm³/mol. The summed E-state index contributed by atoms with van der Waals surface area (Å²) in [6, 6.07) is 18.1. The van der Waals surface area contributed by atoms with E-state index < -0.39 is 0 Å². The first-order valence-corrected chi connectivity index (χ1v) is 9.79. The summed E-state index contributed by atoms with van der Waals surface area (Å²) in [5.74, 6) is 0.607. The first-order valence-electron chi connectivity index (χ1n) is 9.79. The minimum atomic E-state index is 0.00941. The highest BCUT2D eigenvalue weighted by molar-refractivity contribution is 5.94. The highest BCUT2D eigenvalue weighted by Gasteiger charge is 2.17. The number of benzene rings is 2. The molecule has 1 heterocycles. The minimum absolute atomic E-state index is 0.00941. The van der Waals surface area contributed by atoms with Gasteiger partial charge < -0.3 is 10.6 Å². The van der Waals surface area contributed by atoms with E-state index in [9.17, 15) is 4.79 Å². The van der Waals surface area contributed by atoms with Crippen LogP contribution in [0.25, 0.3) is 11.1 Å². The minimum Gasteiger partial charge on any atom is -0.350 e. The van der Waals surface area contributed by atoms with E-state index in [1.54, 1.807) is 12.4 Å². The second-order valence-electron chi connectivity index (χ2n) is 7.17. The Kier molecular flexibility index (Phi) is 5.61. The fourth-order valence-electron chi connectivity index (χ4n) is 3.50. The van der Waals surface area contributed by atoms with Gasteiger partial charge in [-0.1, -0.05) is 55.3 Å². The number of hydrogen-bond acceptors (Lipinski definition) is 4. The van der Waals surface area contributed by atoms with Crippen molar-refractivity contribution in [1.82, 2.24) is 15.3 Å². The fourth-order valence-corrected chi connectivity index (χ4v) is 3.50. The molecular formula is C23H24N4O. The molecule has 0 spiro atoms. The standard InChI is InChI=1S/C23H24N4O/c28-22(27-21-8-4-5-9-21)19-12-10-18(11-13-19)20-15-25-23(26-16-20)24-14-17-6-2-1-3-7-17/h1-3,6-7,10-13,15-16,21H,4-5,8-9,14H2,(H,27,28)(H,24,25,26). The Morgan fingerprint density at radius 3 is 2.25 bits per heavy atom. The van der Waals surface area contributed by atoms with Crippen LogP contribution in [-0.4, -0.2) is 21.9 Å². The van der Waals surface area contributed by atoms with Gasteiger partial charge in [0.05, 0.1) is 0 Å². The number of hydrogen-bond donors (Lipinski definition) is 2. The normalized spacial score (nSPS) is 14.0. The molecule has 5 heteroatoms. The van der Waals surface area contributed by atoms with Crippen LogP contribution in [0.2, 0.25) is 0 Å². The molecule has 1 amide bonds. The van der Waals surface area contributed by atoms with Crippen LogP contribution < -0.4 is 10.6 Å². The lowest BCUT2D eigenvalue weighted by Crippen LogP contribution is -2.32. The van der Waals surface area contributed by atoms with E-state index in [1.165, 1.54) is 18.4 Å². The van der Waals surface area contributed by atoms with Crippen LogP contribution in [0, 0.1) is 0 Å². The fraction of sp³-hybridized carbons (Fsp3) is 0.261.